The first-order valence-electron chi connectivity index (χ1n) is 6.04. The number of hydrogen-bond acceptors (Lipinski definition) is 2. The number of hydrogen-bond donors (Lipinski definition) is 1. The summed E-state index contributed by atoms with van der Waals surface area (Å²) in [5, 5.41) is 3.63. The molecule has 0 saturated heterocycles. The molecule has 1 rings (SSSR count). The van der Waals surface area contributed by atoms with Crippen LogP contribution in [0.3, 0.4) is 0 Å². The van der Waals surface area contributed by atoms with E-state index < -0.39 is 0 Å². The number of rotatable bonds is 3. The molecule has 0 fully saturated rings. The number of aryl methyl sites for hydroxylation is 2. The summed E-state index contributed by atoms with van der Waals surface area (Å²) >= 11 is 0. The highest BCUT2D eigenvalue weighted by Gasteiger charge is 2.23. The third kappa shape index (κ3) is 3.11. The fourth-order valence-corrected chi connectivity index (χ4v) is 1.80. The van der Waals surface area contributed by atoms with Crippen molar-refractivity contribution in [1.82, 2.24) is 5.32 Å². The fourth-order valence-electron chi connectivity index (χ4n) is 1.80. The van der Waals surface area contributed by atoms with Crippen molar-refractivity contribution < 1.29 is 4.42 Å². The van der Waals surface area contributed by atoms with Crippen LogP contribution in [0.5, 0.6) is 0 Å². The molecule has 0 aromatic carbocycles. The van der Waals surface area contributed by atoms with Crippen LogP contribution < -0.4 is 5.32 Å². The van der Waals surface area contributed by atoms with Gasteiger partial charge in [-0.05, 0) is 39.2 Å². The van der Waals surface area contributed by atoms with E-state index in [1.165, 1.54) is 5.56 Å². The number of nitrogens with one attached hydrogen (secondary N) is 1. The lowest BCUT2D eigenvalue weighted by molar-refractivity contribution is 0.267. The van der Waals surface area contributed by atoms with E-state index in [0.717, 1.165) is 11.5 Å². The summed E-state index contributed by atoms with van der Waals surface area (Å²) in [7, 11) is 0. The zero-order chi connectivity index (χ0) is 12.5. The molecule has 0 aliphatic rings. The largest absolute Gasteiger partial charge is 0.466 e. The molecule has 2 nitrogen and oxygen atoms in total. The molecule has 0 aliphatic carbocycles. The van der Waals surface area contributed by atoms with Crippen molar-refractivity contribution in [3.8, 4) is 0 Å². The van der Waals surface area contributed by atoms with Crippen LogP contribution in [0.15, 0.2) is 10.5 Å². The molecule has 1 aromatic heterocycles. The first kappa shape index (κ1) is 13.3. The molecule has 0 amide bonds. The van der Waals surface area contributed by atoms with E-state index in [1.54, 1.807) is 0 Å². The lowest BCUT2D eigenvalue weighted by Crippen LogP contribution is -2.39. The molecule has 0 aliphatic heterocycles. The van der Waals surface area contributed by atoms with Gasteiger partial charge in [-0.2, -0.15) is 0 Å². The highest BCUT2D eigenvalue weighted by molar-refractivity contribution is 5.23. The van der Waals surface area contributed by atoms with Gasteiger partial charge in [0, 0.05) is 17.6 Å². The maximum atomic E-state index is 5.56. The lowest BCUT2D eigenvalue weighted by atomic mass is 9.87. The Morgan fingerprint density at radius 2 is 1.75 bits per heavy atom. The smallest absolute Gasteiger partial charge is 0.105 e. The van der Waals surface area contributed by atoms with Gasteiger partial charge in [0.15, 0.2) is 0 Å². The Morgan fingerprint density at radius 3 is 2.12 bits per heavy atom. The Hall–Kier alpha value is -0.760. The van der Waals surface area contributed by atoms with Crippen molar-refractivity contribution in [3.05, 3.63) is 23.2 Å². The molecule has 1 aromatic rings. The second kappa shape index (κ2) is 4.62. The van der Waals surface area contributed by atoms with Gasteiger partial charge in [-0.1, -0.05) is 20.8 Å². The first-order valence-corrected chi connectivity index (χ1v) is 6.04. The molecule has 92 valence electrons. The number of furan rings is 1. The maximum absolute atomic E-state index is 5.56. The highest BCUT2D eigenvalue weighted by atomic mass is 16.3. The second-order valence-electron chi connectivity index (χ2n) is 5.84. The summed E-state index contributed by atoms with van der Waals surface area (Å²) in [6.45, 7) is 15.2. The Morgan fingerprint density at radius 1 is 1.19 bits per heavy atom. The van der Waals surface area contributed by atoms with Crippen molar-refractivity contribution in [2.45, 2.75) is 60.5 Å². The van der Waals surface area contributed by atoms with E-state index in [4.69, 9.17) is 4.42 Å². The average Bonchev–Trinajstić information content (AvgIpc) is 2.43. The Bertz CT molecular complexity index is 346. The summed E-state index contributed by atoms with van der Waals surface area (Å²) in [6, 6.07) is 2.94. The molecule has 0 spiro atoms. The van der Waals surface area contributed by atoms with E-state index in [9.17, 15) is 0 Å². The van der Waals surface area contributed by atoms with Gasteiger partial charge in [-0.25, -0.2) is 0 Å². The predicted molar refractivity (Wildman–Crippen MR) is 68.6 cm³/mol. The van der Waals surface area contributed by atoms with Gasteiger partial charge < -0.3 is 9.73 Å². The van der Waals surface area contributed by atoms with Crippen molar-refractivity contribution in [2.75, 3.05) is 0 Å². The molecule has 2 heteroatoms. The van der Waals surface area contributed by atoms with Crippen molar-refractivity contribution in [3.63, 3.8) is 0 Å². The molecule has 16 heavy (non-hydrogen) atoms. The first-order chi connectivity index (χ1) is 7.21. The minimum Gasteiger partial charge on any atom is -0.466 e. The van der Waals surface area contributed by atoms with Crippen molar-refractivity contribution in [2.24, 2.45) is 5.41 Å². The third-order valence-electron chi connectivity index (χ3n) is 3.34. The van der Waals surface area contributed by atoms with Gasteiger partial charge in [0.2, 0.25) is 0 Å². The van der Waals surface area contributed by atoms with Crippen LogP contribution in [0.2, 0.25) is 0 Å². The van der Waals surface area contributed by atoms with Gasteiger partial charge in [0.25, 0.3) is 0 Å². The Balaban J connectivity index is 2.73. The second-order valence-corrected chi connectivity index (χ2v) is 5.84. The summed E-state index contributed by atoms with van der Waals surface area (Å²) < 4.78 is 5.56. The van der Waals surface area contributed by atoms with Gasteiger partial charge in [0.1, 0.15) is 11.5 Å². The minimum atomic E-state index is 0.279. The standard InChI is InChI=1S/C14H25NO/c1-9-8-13(11(3)16-9)10(2)15-12(4)14(5,6)7/h8,10,12,15H,1-7H3. The van der Waals surface area contributed by atoms with Crippen LogP contribution >= 0.6 is 0 Å². The Labute approximate surface area is 99.4 Å². The molecule has 1 N–H and O–H groups in total. The maximum Gasteiger partial charge on any atom is 0.105 e. The van der Waals surface area contributed by atoms with Crippen molar-refractivity contribution in [1.29, 1.82) is 0 Å². The molecule has 1 heterocycles. The fraction of sp³-hybridized carbons (Fsp3) is 0.714. The summed E-state index contributed by atoms with van der Waals surface area (Å²) in [4.78, 5) is 0. The quantitative estimate of drug-likeness (QED) is 0.838. The van der Waals surface area contributed by atoms with E-state index in [0.29, 0.717) is 12.1 Å². The van der Waals surface area contributed by atoms with Crippen LogP contribution in [-0.4, -0.2) is 6.04 Å². The van der Waals surface area contributed by atoms with Crippen molar-refractivity contribution >= 4 is 0 Å². The topological polar surface area (TPSA) is 25.2 Å². The highest BCUT2D eigenvalue weighted by Crippen LogP contribution is 2.25. The van der Waals surface area contributed by atoms with Crippen LogP contribution in [0.25, 0.3) is 0 Å². The molecule has 2 atom stereocenters. The van der Waals surface area contributed by atoms with Gasteiger partial charge in [-0.3, -0.25) is 0 Å². The van der Waals surface area contributed by atoms with Gasteiger partial charge in [-0.15, -0.1) is 0 Å². The van der Waals surface area contributed by atoms with E-state index in [2.05, 4.69) is 46.0 Å². The average molecular weight is 223 g/mol. The van der Waals surface area contributed by atoms with Crippen LogP contribution in [0, 0.1) is 19.3 Å². The summed E-state index contributed by atoms with van der Waals surface area (Å²) in [6.07, 6.45) is 0. The minimum absolute atomic E-state index is 0.279. The Kier molecular flexibility index (Phi) is 3.84. The SMILES string of the molecule is Cc1cc(C(C)NC(C)C(C)(C)C)c(C)o1. The third-order valence-corrected chi connectivity index (χ3v) is 3.34. The monoisotopic (exact) mass is 223 g/mol. The molecule has 2 unspecified atom stereocenters. The van der Waals surface area contributed by atoms with E-state index >= 15 is 0 Å². The summed E-state index contributed by atoms with van der Waals surface area (Å²) in [5.74, 6) is 2.02. The van der Waals surface area contributed by atoms with Gasteiger partial charge >= 0.3 is 0 Å². The molecule has 0 bridgehead atoms. The normalized spacial score (nSPS) is 16.2. The van der Waals surface area contributed by atoms with Gasteiger partial charge in [0.05, 0.1) is 0 Å². The summed E-state index contributed by atoms with van der Waals surface area (Å²) in [5.41, 5.74) is 1.55. The zero-order valence-corrected chi connectivity index (χ0v) is 11.6. The molecular formula is C14H25NO. The van der Waals surface area contributed by atoms with Crippen LogP contribution in [0.4, 0.5) is 0 Å². The molecule has 0 radical (unpaired) electrons. The van der Waals surface area contributed by atoms with Crippen LogP contribution in [0.1, 0.15) is 57.7 Å². The van der Waals surface area contributed by atoms with Crippen LogP contribution in [-0.2, 0) is 0 Å². The van der Waals surface area contributed by atoms with E-state index in [-0.39, 0.29) is 5.41 Å². The molecular weight excluding hydrogens is 198 g/mol. The molecule has 0 saturated carbocycles. The lowest BCUT2D eigenvalue weighted by Gasteiger charge is -2.31. The predicted octanol–water partition coefficient (Wildman–Crippen LogP) is 3.98. The zero-order valence-electron chi connectivity index (χ0n) is 11.6. The van der Waals surface area contributed by atoms with E-state index in [1.807, 2.05) is 13.8 Å².